The summed E-state index contributed by atoms with van der Waals surface area (Å²) in [6, 6.07) is 66.3. The fourth-order valence-corrected chi connectivity index (χ4v) is 9.83. The Labute approximate surface area is 443 Å². The summed E-state index contributed by atoms with van der Waals surface area (Å²) in [6.45, 7) is 0.171. The highest BCUT2D eigenvalue weighted by Gasteiger charge is 2.69. The summed E-state index contributed by atoms with van der Waals surface area (Å²) in [4.78, 5) is 0. The molecule has 7 aromatic rings. The van der Waals surface area contributed by atoms with Gasteiger partial charge in [0.05, 0.1) is 71.7 Å². The second-order valence-corrected chi connectivity index (χ2v) is 19.2. The molecule has 0 bridgehead atoms. The van der Waals surface area contributed by atoms with Crippen molar-refractivity contribution in [3.05, 3.63) is 251 Å². The molecule has 0 aromatic heterocycles. The van der Waals surface area contributed by atoms with Crippen LogP contribution < -0.4 is 0 Å². The molecule has 10 atom stereocenters. The SMILES string of the molecule is OC1(C(F)(F)F)OC(COCc2ccccc2)C(OC2CC(COCc3ccccc3)C(OCc3ccccc3)C(OCc3ccccc3)C2OCc2ccccc2)C(OCc2ccccc2)C1OCc1ccccc1. The van der Waals surface area contributed by atoms with Gasteiger partial charge >= 0.3 is 6.18 Å². The molecule has 2 aliphatic rings. The van der Waals surface area contributed by atoms with Crippen molar-refractivity contribution in [2.24, 2.45) is 5.92 Å². The van der Waals surface area contributed by atoms with Gasteiger partial charge in [-0.05, 0) is 45.4 Å². The molecule has 1 saturated heterocycles. The van der Waals surface area contributed by atoms with Crippen molar-refractivity contribution in [3.63, 3.8) is 0 Å². The fourth-order valence-electron chi connectivity index (χ4n) is 9.83. The van der Waals surface area contributed by atoms with Gasteiger partial charge in [-0.1, -0.05) is 212 Å². The predicted octanol–water partition coefficient (Wildman–Crippen LogP) is 11.8. The molecule has 10 nitrogen and oxygen atoms in total. The predicted molar refractivity (Wildman–Crippen MR) is 280 cm³/mol. The third-order valence-electron chi connectivity index (χ3n) is 13.7. The van der Waals surface area contributed by atoms with Crippen LogP contribution >= 0.6 is 0 Å². The van der Waals surface area contributed by atoms with E-state index in [-0.39, 0.29) is 52.7 Å². The topological polar surface area (TPSA) is 103 Å². The van der Waals surface area contributed by atoms with Gasteiger partial charge in [0, 0.05) is 5.92 Å². The highest BCUT2D eigenvalue weighted by molar-refractivity contribution is 5.19. The molecule has 13 heteroatoms. The Morgan fingerprint density at radius 3 is 1.12 bits per heavy atom. The molecule has 7 aromatic carbocycles. The van der Waals surface area contributed by atoms with Crippen molar-refractivity contribution in [2.75, 3.05) is 13.2 Å². The lowest BCUT2D eigenvalue weighted by Gasteiger charge is -2.52. The maximum absolute atomic E-state index is 15.9. The molecular formula is C63H65F3O10. The van der Waals surface area contributed by atoms with Crippen LogP contribution in [0, 0.1) is 5.92 Å². The van der Waals surface area contributed by atoms with Gasteiger partial charge in [-0.25, -0.2) is 0 Å². The van der Waals surface area contributed by atoms with Crippen LogP contribution in [-0.2, 0) is 88.9 Å². The number of hydrogen-bond acceptors (Lipinski definition) is 10. The molecule has 2 fully saturated rings. The lowest BCUT2D eigenvalue weighted by molar-refractivity contribution is -0.452. The highest BCUT2D eigenvalue weighted by atomic mass is 19.4. The number of alkyl halides is 3. The zero-order valence-electron chi connectivity index (χ0n) is 42.2. The van der Waals surface area contributed by atoms with Gasteiger partial charge in [0.25, 0.3) is 5.79 Å². The van der Waals surface area contributed by atoms with Crippen molar-refractivity contribution in [1.82, 2.24) is 0 Å². The average Bonchev–Trinajstić information content (AvgIpc) is 3.55. The second kappa shape index (κ2) is 27.3. The first kappa shape index (κ1) is 54.7. The van der Waals surface area contributed by atoms with E-state index < -0.39 is 73.3 Å². The first-order valence-electron chi connectivity index (χ1n) is 25.8. The minimum atomic E-state index is -5.38. The lowest BCUT2D eigenvalue weighted by atomic mass is 9.80. The summed E-state index contributed by atoms with van der Waals surface area (Å²) in [5.41, 5.74) is 5.72. The number of rotatable bonds is 25. The molecule has 76 heavy (non-hydrogen) atoms. The van der Waals surface area contributed by atoms with Crippen LogP contribution in [0.4, 0.5) is 13.2 Å². The first-order valence-corrected chi connectivity index (χ1v) is 25.8. The van der Waals surface area contributed by atoms with Crippen LogP contribution in [0.2, 0.25) is 0 Å². The number of hydrogen-bond donors (Lipinski definition) is 1. The summed E-state index contributed by atoms with van der Waals surface area (Å²) in [6.07, 6.45) is -15.2. The summed E-state index contributed by atoms with van der Waals surface area (Å²) in [7, 11) is 0. The minimum absolute atomic E-state index is 0.0320. The number of ether oxygens (including phenoxy) is 9. The summed E-state index contributed by atoms with van der Waals surface area (Å²) in [5.74, 6) is -4.31. The van der Waals surface area contributed by atoms with E-state index in [0.717, 1.165) is 27.8 Å². The molecule has 10 unspecified atom stereocenters. The van der Waals surface area contributed by atoms with Crippen molar-refractivity contribution in [1.29, 1.82) is 0 Å². The lowest BCUT2D eigenvalue weighted by Crippen LogP contribution is -2.72. The molecular weight excluding hydrogens is 974 g/mol. The Kier molecular flexibility index (Phi) is 19.7. The minimum Gasteiger partial charge on any atom is -0.376 e. The third-order valence-corrected chi connectivity index (χ3v) is 13.7. The molecule has 0 spiro atoms. The van der Waals surface area contributed by atoms with E-state index in [1.165, 1.54) is 0 Å². The highest BCUT2D eigenvalue weighted by Crippen LogP contribution is 2.46. The van der Waals surface area contributed by atoms with E-state index in [4.69, 9.17) is 42.6 Å². The zero-order valence-corrected chi connectivity index (χ0v) is 42.2. The van der Waals surface area contributed by atoms with Crippen LogP contribution in [0.25, 0.3) is 0 Å². The van der Waals surface area contributed by atoms with Gasteiger partial charge in [0.2, 0.25) is 0 Å². The van der Waals surface area contributed by atoms with Gasteiger partial charge in [-0.2, -0.15) is 13.2 Å². The Morgan fingerprint density at radius 2 is 0.724 bits per heavy atom. The van der Waals surface area contributed by atoms with E-state index >= 15 is 13.2 Å². The Morgan fingerprint density at radius 1 is 0.395 bits per heavy atom. The van der Waals surface area contributed by atoms with Crippen LogP contribution in [0.1, 0.15) is 45.4 Å². The van der Waals surface area contributed by atoms with Gasteiger partial charge in [-0.15, -0.1) is 0 Å². The summed E-state index contributed by atoms with van der Waals surface area (Å²) >= 11 is 0. The molecule has 9 rings (SSSR count). The van der Waals surface area contributed by atoms with Gasteiger partial charge in [0.1, 0.15) is 36.6 Å². The van der Waals surface area contributed by atoms with E-state index in [1.54, 1.807) is 30.3 Å². The van der Waals surface area contributed by atoms with Gasteiger partial charge in [0.15, 0.2) is 0 Å². The number of halogens is 3. The molecule has 0 radical (unpaired) electrons. The van der Waals surface area contributed by atoms with E-state index in [1.807, 2.05) is 182 Å². The van der Waals surface area contributed by atoms with Gasteiger partial charge < -0.3 is 47.7 Å². The van der Waals surface area contributed by atoms with Crippen molar-refractivity contribution < 1.29 is 60.9 Å². The van der Waals surface area contributed by atoms with E-state index in [0.29, 0.717) is 17.7 Å². The molecule has 1 aliphatic carbocycles. The standard InChI is InChI=1S/C63H65F3O10/c64-63(65,66)62(67)61(74-43-52-34-20-7-21-35-52)60(73-42-51-32-18-6-19-33-51)58(55(76-62)45-69-38-47-24-10-2-11-25-47)75-54-36-53(44-68-37-46-22-8-1-9-23-46)56(70-39-48-26-12-3-13-27-48)59(72-41-50-30-16-5-17-31-50)57(54)71-40-49-28-14-4-15-29-49/h1-35,53-61,67H,36-45H2. The Hall–Kier alpha value is -6.07. The van der Waals surface area contributed by atoms with Crippen LogP contribution in [0.5, 0.6) is 0 Å². The average molecular weight is 1040 g/mol. The summed E-state index contributed by atoms with van der Waals surface area (Å²) in [5, 5.41) is 12.2. The number of benzene rings is 7. The van der Waals surface area contributed by atoms with Crippen molar-refractivity contribution in [3.8, 4) is 0 Å². The second-order valence-electron chi connectivity index (χ2n) is 19.2. The molecule has 0 amide bonds. The largest absolute Gasteiger partial charge is 0.446 e. The van der Waals surface area contributed by atoms with E-state index in [2.05, 4.69) is 0 Å². The van der Waals surface area contributed by atoms with E-state index in [9.17, 15) is 5.11 Å². The monoisotopic (exact) mass is 1040 g/mol. The quantitative estimate of drug-likeness (QED) is 0.0595. The smallest absolute Gasteiger partial charge is 0.376 e. The molecule has 1 heterocycles. The first-order chi connectivity index (χ1) is 37.2. The molecule has 398 valence electrons. The Balaban J connectivity index is 1.14. The van der Waals surface area contributed by atoms with Crippen molar-refractivity contribution in [2.45, 2.75) is 113 Å². The normalized spacial score (nSPS) is 24.8. The maximum atomic E-state index is 15.9. The zero-order chi connectivity index (χ0) is 52.4. The molecule has 1 saturated carbocycles. The van der Waals surface area contributed by atoms with Gasteiger partial charge in [-0.3, -0.25) is 0 Å². The van der Waals surface area contributed by atoms with Crippen LogP contribution in [-0.4, -0.2) is 79.1 Å². The Bertz CT molecular complexity index is 2710. The fraction of sp³-hybridized carbons (Fsp3) is 0.333. The molecule has 1 N–H and O–H groups in total. The van der Waals surface area contributed by atoms with Crippen LogP contribution in [0.3, 0.4) is 0 Å². The molecule has 1 aliphatic heterocycles. The van der Waals surface area contributed by atoms with Crippen molar-refractivity contribution >= 4 is 0 Å². The maximum Gasteiger partial charge on any atom is 0.446 e. The third kappa shape index (κ3) is 14.9. The number of aliphatic hydroxyl groups is 1. The summed E-state index contributed by atoms with van der Waals surface area (Å²) < 4.78 is 108. The van der Waals surface area contributed by atoms with Crippen LogP contribution in [0.15, 0.2) is 212 Å².